The average molecular weight is 330 g/mol. The zero-order valence-electron chi connectivity index (χ0n) is 13.8. The fourth-order valence-corrected chi connectivity index (χ4v) is 3.77. The summed E-state index contributed by atoms with van der Waals surface area (Å²) in [6.07, 6.45) is 4.55. The molecule has 2 aromatic rings. The first-order chi connectivity index (χ1) is 12.2. The molecular formula is C20H18N4O. The highest BCUT2D eigenvalue weighted by Gasteiger charge is 2.34. The molecule has 2 bridgehead atoms. The van der Waals surface area contributed by atoms with Crippen LogP contribution in [0.4, 0.5) is 0 Å². The molecule has 2 aliphatic heterocycles. The van der Waals surface area contributed by atoms with Crippen molar-refractivity contribution >= 4 is 0 Å². The van der Waals surface area contributed by atoms with Crippen molar-refractivity contribution < 1.29 is 4.74 Å². The van der Waals surface area contributed by atoms with Gasteiger partial charge in [0.05, 0.1) is 29.0 Å². The van der Waals surface area contributed by atoms with Crippen LogP contribution in [0.3, 0.4) is 0 Å². The topological polar surface area (TPSA) is 81.7 Å². The molecule has 1 aromatic heterocycles. The van der Waals surface area contributed by atoms with E-state index < -0.39 is 0 Å². The Morgan fingerprint density at radius 2 is 1.64 bits per heavy atom. The van der Waals surface area contributed by atoms with Crippen LogP contribution < -0.4 is 10.1 Å². The summed E-state index contributed by atoms with van der Waals surface area (Å²) in [5.41, 5.74) is 2.69. The first-order valence-corrected chi connectivity index (χ1v) is 8.59. The Bertz CT molecular complexity index is 851. The molecular weight excluding hydrogens is 312 g/mol. The van der Waals surface area contributed by atoms with Crippen LogP contribution in [-0.2, 0) is 0 Å². The van der Waals surface area contributed by atoms with Gasteiger partial charge in [-0.15, -0.1) is 0 Å². The summed E-state index contributed by atoms with van der Waals surface area (Å²) in [5.74, 6) is 0.504. The summed E-state index contributed by atoms with van der Waals surface area (Å²) in [6.45, 7) is 0. The van der Waals surface area contributed by atoms with E-state index in [4.69, 9.17) is 10.00 Å². The minimum atomic E-state index is 0.147. The number of nitrogens with one attached hydrogen (secondary N) is 1. The molecule has 0 spiro atoms. The van der Waals surface area contributed by atoms with Gasteiger partial charge in [0.2, 0.25) is 5.88 Å². The first kappa shape index (κ1) is 15.6. The predicted octanol–water partition coefficient (Wildman–Crippen LogP) is 3.15. The SMILES string of the molecule is N#Cc1ccc(-c2cc(C#N)cc(O[C@@H]3C[C@H]4CC[C@@H](C3)N4)n2)cc1. The van der Waals surface area contributed by atoms with E-state index in [1.807, 2.05) is 12.1 Å². The van der Waals surface area contributed by atoms with Crippen LogP contribution in [0.1, 0.15) is 36.8 Å². The number of fused-ring (bicyclic) bond motifs is 2. The molecule has 1 N–H and O–H groups in total. The second-order valence-corrected chi connectivity index (χ2v) is 6.73. The minimum Gasteiger partial charge on any atom is -0.474 e. The third-order valence-electron chi connectivity index (χ3n) is 4.96. The Balaban J connectivity index is 1.60. The number of aromatic nitrogens is 1. The highest BCUT2D eigenvalue weighted by Crippen LogP contribution is 2.30. The summed E-state index contributed by atoms with van der Waals surface area (Å²) in [4.78, 5) is 4.60. The van der Waals surface area contributed by atoms with E-state index in [1.54, 1.807) is 24.3 Å². The van der Waals surface area contributed by atoms with Crippen molar-refractivity contribution in [2.75, 3.05) is 0 Å². The van der Waals surface area contributed by atoms with Gasteiger partial charge in [-0.1, -0.05) is 12.1 Å². The number of benzene rings is 1. The molecule has 2 fully saturated rings. The van der Waals surface area contributed by atoms with Gasteiger partial charge in [0.1, 0.15) is 6.10 Å². The lowest BCUT2D eigenvalue weighted by Gasteiger charge is -2.29. The largest absolute Gasteiger partial charge is 0.474 e. The molecule has 2 saturated heterocycles. The normalized spacial score (nSPS) is 24.3. The van der Waals surface area contributed by atoms with Crippen LogP contribution in [0.25, 0.3) is 11.3 Å². The van der Waals surface area contributed by atoms with Crippen LogP contribution >= 0.6 is 0 Å². The maximum absolute atomic E-state index is 9.33. The van der Waals surface area contributed by atoms with Crippen molar-refractivity contribution in [3.8, 4) is 29.3 Å². The molecule has 25 heavy (non-hydrogen) atoms. The second-order valence-electron chi connectivity index (χ2n) is 6.73. The number of pyridine rings is 1. The van der Waals surface area contributed by atoms with Gasteiger partial charge in [-0.25, -0.2) is 4.98 Å². The van der Waals surface area contributed by atoms with Gasteiger partial charge in [0, 0.05) is 23.7 Å². The summed E-state index contributed by atoms with van der Waals surface area (Å²) >= 11 is 0. The minimum absolute atomic E-state index is 0.147. The van der Waals surface area contributed by atoms with E-state index >= 15 is 0 Å². The van der Waals surface area contributed by atoms with Crippen molar-refractivity contribution in [3.05, 3.63) is 47.5 Å². The van der Waals surface area contributed by atoms with Gasteiger partial charge in [0.15, 0.2) is 0 Å². The number of rotatable bonds is 3. The molecule has 0 saturated carbocycles. The van der Waals surface area contributed by atoms with E-state index in [-0.39, 0.29) is 6.10 Å². The number of nitrogens with zero attached hydrogens (tertiary/aromatic N) is 3. The lowest BCUT2D eigenvalue weighted by molar-refractivity contribution is 0.132. The van der Waals surface area contributed by atoms with E-state index in [9.17, 15) is 5.26 Å². The molecule has 3 atom stereocenters. The van der Waals surface area contributed by atoms with Crippen LogP contribution in [-0.4, -0.2) is 23.2 Å². The number of hydrogen-bond acceptors (Lipinski definition) is 5. The predicted molar refractivity (Wildman–Crippen MR) is 92.7 cm³/mol. The molecule has 0 amide bonds. The van der Waals surface area contributed by atoms with E-state index in [1.165, 1.54) is 12.8 Å². The Kier molecular flexibility index (Phi) is 4.09. The monoisotopic (exact) mass is 330 g/mol. The fourth-order valence-electron chi connectivity index (χ4n) is 3.77. The zero-order chi connectivity index (χ0) is 17.2. The van der Waals surface area contributed by atoms with E-state index in [2.05, 4.69) is 22.4 Å². The third kappa shape index (κ3) is 3.33. The molecule has 4 rings (SSSR count). The van der Waals surface area contributed by atoms with Crippen molar-refractivity contribution in [2.24, 2.45) is 0 Å². The van der Waals surface area contributed by atoms with Crippen LogP contribution in [0.5, 0.6) is 5.88 Å². The van der Waals surface area contributed by atoms with Crippen molar-refractivity contribution in [3.63, 3.8) is 0 Å². The maximum Gasteiger partial charge on any atom is 0.215 e. The first-order valence-electron chi connectivity index (χ1n) is 8.59. The fraction of sp³-hybridized carbons (Fsp3) is 0.350. The Labute approximate surface area is 146 Å². The molecule has 5 heteroatoms. The summed E-state index contributed by atoms with van der Waals surface area (Å²) < 4.78 is 6.13. The molecule has 0 unspecified atom stereocenters. The van der Waals surface area contributed by atoms with Crippen LogP contribution in [0, 0.1) is 22.7 Å². The van der Waals surface area contributed by atoms with Crippen LogP contribution in [0.2, 0.25) is 0 Å². The Hall–Kier alpha value is -2.89. The number of ether oxygens (including phenoxy) is 1. The summed E-state index contributed by atoms with van der Waals surface area (Å²) in [5, 5.41) is 21.8. The average Bonchev–Trinajstić information content (AvgIpc) is 2.99. The molecule has 0 aliphatic carbocycles. The van der Waals surface area contributed by atoms with Gasteiger partial charge in [-0.2, -0.15) is 10.5 Å². The van der Waals surface area contributed by atoms with Gasteiger partial charge < -0.3 is 10.1 Å². The Morgan fingerprint density at radius 3 is 2.28 bits per heavy atom. The zero-order valence-corrected chi connectivity index (χ0v) is 13.8. The summed E-state index contributed by atoms with van der Waals surface area (Å²) in [6, 6.07) is 16.0. The third-order valence-corrected chi connectivity index (χ3v) is 4.96. The van der Waals surface area contributed by atoms with Crippen LogP contribution in [0.15, 0.2) is 36.4 Å². The highest BCUT2D eigenvalue weighted by atomic mass is 16.5. The molecule has 0 radical (unpaired) electrons. The number of piperidine rings is 1. The van der Waals surface area contributed by atoms with Gasteiger partial charge in [0.25, 0.3) is 0 Å². The molecule has 3 heterocycles. The lowest BCUT2D eigenvalue weighted by atomic mass is 10.0. The quantitative estimate of drug-likeness (QED) is 0.935. The smallest absolute Gasteiger partial charge is 0.215 e. The van der Waals surface area contributed by atoms with Gasteiger partial charge in [-0.3, -0.25) is 0 Å². The van der Waals surface area contributed by atoms with Gasteiger partial charge in [-0.05, 0) is 43.9 Å². The lowest BCUT2D eigenvalue weighted by Crippen LogP contribution is -2.42. The standard InChI is InChI=1S/C20H18N4O/c21-11-13-1-3-15(4-2-13)19-7-14(12-22)8-20(24-19)25-18-9-16-5-6-17(10-18)23-16/h1-4,7-8,16-18,23H,5-6,9-10H2/t16-,17+,18-. The Morgan fingerprint density at radius 1 is 0.960 bits per heavy atom. The van der Waals surface area contributed by atoms with Crippen molar-refractivity contribution in [2.45, 2.75) is 43.9 Å². The van der Waals surface area contributed by atoms with Gasteiger partial charge >= 0.3 is 0 Å². The highest BCUT2D eigenvalue weighted by molar-refractivity contribution is 5.62. The molecule has 5 nitrogen and oxygen atoms in total. The summed E-state index contributed by atoms with van der Waals surface area (Å²) in [7, 11) is 0. The molecule has 1 aromatic carbocycles. The number of hydrogen-bond donors (Lipinski definition) is 1. The van der Waals surface area contributed by atoms with Crippen molar-refractivity contribution in [1.82, 2.24) is 10.3 Å². The van der Waals surface area contributed by atoms with Crippen molar-refractivity contribution in [1.29, 1.82) is 10.5 Å². The molecule has 124 valence electrons. The maximum atomic E-state index is 9.33. The number of nitriles is 2. The second kappa shape index (κ2) is 6.55. The molecule has 2 aliphatic rings. The van der Waals surface area contributed by atoms with E-state index in [0.717, 1.165) is 18.4 Å². The van der Waals surface area contributed by atoms with E-state index in [0.29, 0.717) is 34.8 Å².